The van der Waals surface area contributed by atoms with Gasteiger partial charge in [-0.15, -0.1) is 0 Å². The lowest BCUT2D eigenvalue weighted by molar-refractivity contribution is 0.482. The van der Waals surface area contributed by atoms with Crippen LogP contribution < -0.4 is 14.5 Å². The van der Waals surface area contributed by atoms with E-state index in [0.717, 1.165) is 50.6 Å². The highest BCUT2D eigenvalue weighted by molar-refractivity contribution is 6.09. The number of hydrogen-bond acceptors (Lipinski definition) is 5. The Labute approximate surface area is 330 Å². The number of pyridine rings is 2. The van der Waals surface area contributed by atoms with Crippen molar-refractivity contribution in [3.63, 3.8) is 0 Å². The number of aromatic nitrogens is 3. The molecule has 10 aromatic rings. The molecule has 1 aliphatic rings. The van der Waals surface area contributed by atoms with Crippen LogP contribution in [0, 0.1) is 0 Å². The van der Waals surface area contributed by atoms with E-state index in [-0.39, 0.29) is 0 Å². The van der Waals surface area contributed by atoms with Crippen LogP contribution in [0.5, 0.6) is 11.5 Å². The Bertz CT molecular complexity index is 2990. The molecule has 4 heterocycles. The molecular formula is C51H35N5O. The molecule has 6 heteroatoms. The summed E-state index contributed by atoms with van der Waals surface area (Å²) >= 11 is 0. The average molecular weight is 734 g/mol. The Morgan fingerprint density at radius 1 is 0.421 bits per heavy atom. The second-order valence-corrected chi connectivity index (χ2v) is 14.3. The summed E-state index contributed by atoms with van der Waals surface area (Å²) in [4.78, 5) is 14.4. The minimum atomic E-state index is 0.611. The van der Waals surface area contributed by atoms with Crippen molar-refractivity contribution >= 4 is 55.6 Å². The molecule has 3 aromatic heterocycles. The quantitative estimate of drug-likeness (QED) is 0.163. The lowest BCUT2D eigenvalue weighted by atomic mass is 9.94. The number of fused-ring (bicyclic) bond motifs is 6. The van der Waals surface area contributed by atoms with E-state index in [4.69, 9.17) is 14.7 Å². The topological polar surface area (TPSA) is 46.4 Å². The van der Waals surface area contributed by atoms with Gasteiger partial charge in [-0.3, -0.25) is 4.57 Å². The van der Waals surface area contributed by atoms with Crippen LogP contribution >= 0.6 is 0 Å². The summed E-state index contributed by atoms with van der Waals surface area (Å²) < 4.78 is 8.77. The first-order valence-corrected chi connectivity index (χ1v) is 19.2. The smallest absolute Gasteiger partial charge is 0.146 e. The molecule has 0 saturated carbocycles. The van der Waals surface area contributed by atoms with Crippen LogP contribution in [0.4, 0.5) is 22.7 Å². The predicted octanol–water partition coefficient (Wildman–Crippen LogP) is 13.1. The highest BCUT2D eigenvalue weighted by Crippen LogP contribution is 2.52. The Morgan fingerprint density at radius 3 is 1.65 bits per heavy atom. The number of hydrogen-bond donors (Lipinski definition) is 0. The normalized spacial score (nSPS) is 12.4. The van der Waals surface area contributed by atoms with Gasteiger partial charge >= 0.3 is 0 Å². The number of ether oxygens (including phenoxy) is 1. The molecule has 0 bridgehead atoms. The average Bonchev–Trinajstić information content (AvgIpc) is 3.84. The summed E-state index contributed by atoms with van der Waals surface area (Å²) in [5, 5.41) is 4.54. The molecule has 0 amide bonds. The maximum Gasteiger partial charge on any atom is 0.146 e. The number of benzene rings is 7. The van der Waals surface area contributed by atoms with E-state index in [1.807, 2.05) is 42.7 Å². The van der Waals surface area contributed by atoms with Crippen molar-refractivity contribution in [1.82, 2.24) is 14.5 Å². The lowest BCUT2D eigenvalue weighted by Gasteiger charge is -2.27. The Hall–Kier alpha value is -7.70. The molecule has 7 aromatic carbocycles. The number of nitrogens with zero attached hydrogens (tertiary/aromatic N) is 5. The van der Waals surface area contributed by atoms with Crippen molar-refractivity contribution in [3.05, 3.63) is 200 Å². The molecule has 270 valence electrons. The SMILES string of the molecule is c1ccc(-c2cccc(-c3ccccc3)c2N2CN(c3cccc(Oc4cccc(-n5c6ncccc6c6cccnc65)c4)c3)c3ccc4ccccc4c32)cc1. The first-order valence-electron chi connectivity index (χ1n) is 19.2. The standard InChI is InChI=1S/C51H35N5O/c1-3-14-35(15-4-1)42-24-11-25-43(36-16-5-2-6-17-36)48(42)55-34-54(47-29-28-37-18-7-8-23-44(37)49(47)55)38-19-9-21-40(32-38)57-41-22-10-20-39(33-41)56-50-45(26-12-30-52-50)46-27-13-31-53-51(46)56/h1-33H,34H2. The van der Waals surface area contributed by atoms with E-state index < -0.39 is 0 Å². The molecule has 0 N–H and O–H groups in total. The maximum atomic E-state index is 6.67. The van der Waals surface area contributed by atoms with E-state index in [0.29, 0.717) is 6.67 Å². The second kappa shape index (κ2) is 13.6. The molecule has 0 atom stereocenters. The first-order chi connectivity index (χ1) is 28.3. The summed E-state index contributed by atoms with van der Waals surface area (Å²) in [6.45, 7) is 0.611. The van der Waals surface area contributed by atoms with Gasteiger partial charge < -0.3 is 14.5 Å². The van der Waals surface area contributed by atoms with Gasteiger partial charge in [-0.1, -0.05) is 121 Å². The zero-order chi connectivity index (χ0) is 37.7. The Balaban J connectivity index is 1.01. The highest BCUT2D eigenvalue weighted by Gasteiger charge is 2.33. The maximum absolute atomic E-state index is 6.67. The van der Waals surface area contributed by atoms with Gasteiger partial charge in [-0.05, 0) is 71.1 Å². The fraction of sp³-hybridized carbons (Fsp3) is 0.0196. The fourth-order valence-corrected chi connectivity index (χ4v) is 8.43. The molecule has 0 fully saturated rings. The first kappa shape index (κ1) is 32.7. The Morgan fingerprint density at radius 2 is 0.982 bits per heavy atom. The van der Waals surface area contributed by atoms with Crippen molar-refractivity contribution in [1.29, 1.82) is 0 Å². The summed E-state index contributed by atoms with van der Waals surface area (Å²) in [5.41, 5.74) is 11.9. The summed E-state index contributed by atoms with van der Waals surface area (Å²) in [5.74, 6) is 1.48. The van der Waals surface area contributed by atoms with Gasteiger partial charge in [0, 0.05) is 57.5 Å². The van der Waals surface area contributed by atoms with Crippen molar-refractivity contribution < 1.29 is 4.74 Å². The molecule has 0 aliphatic carbocycles. The van der Waals surface area contributed by atoms with Crippen molar-refractivity contribution in [2.45, 2.75) is 0 Å². The molecule has 0 unspecified atom stereocenters. The molecule has 0 saturated heterocycles. The largest absolute Gasteiger partial charge is 0.457 e. The third kappa shape index (κ3) is 5.57. The lowest BCUT2D eigenvalue weighted by Crippen LogP contribution is -2.25. The minimum absolute atomic E-state index is 0.611. The summed E-state index contributed by atoms with van der Waals surface area (Å²) in [7, 11) is 0. The van der Waals surface area contributed by atoms with Crippen molar-refractivity contribution in [2.24, 2.45) is 0 Å². The van der Waals surface area contributed by atoms with E-state index >= 15 is 0 Å². The molecule has 1 aliphatic heterocycles. The Kier molecular flexibility index (Phi) is 7.78. The monoisotopic (exact) mass is 733 g/mol. The van der Waals surface area contributed by atoms with E-state index in [9.17, 15) is 0 Å². The molecule has 57 heavy (non-hydrogen) atoms. The van der Waals surface area contributed by atoms with E-state index in [1.165, 1.54) is 44.4 Å². The zero-order valence-corrected chi connectivity index (χ0v) is 30.9. The predicted molar refractivity (Wildman–Crippen MR) is 233 cm³/mol. The van der Waals surface area contributed by atoms with Crippen LogP contribution in [-0.2, 0) is 0 Å². The van der Waals surface area contributed by atoms with Gasteiger partial charge in [0.1, 0.15) is 29.5 Å². The number of anilines is 4. The molecular weight excluding hydrogens is 699 g/mol. The van der Waals surface area contributed by atoms with Crippen LogP contribution in [0.1, 0.15) is 0 Å². The second-order valence-electron chi connectivity index (χ2n) is 14.3. The summed E-state index contributed by atoms with van der Waals surface area (Å²) in [6, 6.07) is 66.0. The fourth-order valence-electron chi connectivity index (χ4n) is 8.43. The number of rotatable bonds is 7. The summed E-state index contributed by atoms with van der Waals surface area (Å²) in [6.07, 6.45) is 3.65. The number of para-hydroxylation sites is 1. The van der Waals surface area contributed by atoms with Crippen LogP contribution in [0.2, 0.25) is 0 Å². The highest BCUT2D eigenvalue weighted by atomic mass is 16.5. The van der Waals surface area contributed by atoms with Crippen molar-refractivity contribution in [3.8, 4) is 39.4 Å². The minimum Gasteiger partial charge on any atom is -0.457 e. The molecule has 0 radical (unpaired) electrons. The van der Waals surface area contributed by atoms with Crippen LogP contribution in [-0.4, -0.2) is 21.2 Å². The van der Waals surface area contributed by atoms with Gasteiger partial charge in [-0.25, -0.2) is 9.97 Å². The van der Waals surface area contributed by atoms with Gasteiger partial charge in [-0.2, -0.15) is 0 Å². The molecule has 0 spiro atoms. The van der Waals surface area contributed by atoms with Crippen LogP contribution in [0.15, 0.2) is 200 Å². The van der Waals surface area contributed by atoms with Gasteiger partial charge in [0.15, 0.2) is 0 Å². The molecule has 6 nitrogen and oxygen atoms in total. The van der Waals surface area contributed by atoms with Crippen LogP contribution in [0.3, 0.4) is 0 Å². The van der Waals surface area contributed by atoms with E-state index in [2.05, 4.69) is 172 Å². The van der Waals surface area contributed by atoms with Crippen molar-refractivity contribution in [2.75, 3.05) is 16.5 Å². The van der Waals surface area contributed by atoms with Gasteiger partial charge in [0.2, 0.25) is 0 Å². The third-order valence-corrected chi connectivity index (χ3v) is 10.9. The van der Waals surface area contributed by atoms with Gasteiger partial charge in [0.25, 0.3) is 0 Å². The van der Waals surface area contributed by atoms with Gasteiger partial charge in [0.05, 0.1) is 22.7 Å². The third-order valence-electron chi connectivity index (χ3n) is 10.9. The molecule has 11 rings (SSSR count). The van der Waals surface area contributed by atoms with Crippen LogP contribution in [0.25, 0.3) is 60.8 Å². The zero-order valence-electron chi connectivity index (χ0n) is 30.9. The van der Waals surface area contributed by atoms with E-state index in [1.54, 1.807) is 0 Å².